The van der Waals surface area contributed by atoms with Crippen LogP contribution in [-0.2, 0) is 4.74 Å². The lowest BCUT2D eigenvalue weighted by Crippen LogP contribution is -2.46. The van der Waals surface area contributed by atoms with Gasteiger partial charge in [0.1, 0.15) is 11.3 Å². The van der Waals surface area contributed by atoms with Crippen LogP contribution in [0.2, 0.25) is 0 Å². The van der Waals surface area contributed by atoms with Gasteiger partial charge in [-0.25, -0.2) is 0 Å². The van der Waals surface area contributed by atoms with E-state index in [-0.39, 0.29) is 11.9 Å². The van der Waals surface area contributed by atoms with E-state index in [0.29, 0.717) is 17.4 Å². The van der Waals surface area contributed by atoms with Crippen molar-refractivity contribution in [1.29, 1.82) is 0 Å². The smallest absolute Gasteiger partial charge is 0.287 e. The highest BCUT2D eigenvalue weighted by Crippen LogP contribution is 2.29. The van der Waals surface area contributed by atoms with E-state index in [1.54, 1.807) is 7.11 Å². The van der Waals surface area contributed by atoms with E-state index in [9.17, 15) is 4.79 Å². The van der Waals surface area contributed by atoms with Gasteiger partial charge in [0.2, 0.25) is 0 Å². The number of hydrogen-bond acceptors (Lipinski definition) is 5. The summed E-state index contributed by atoms with van der Waals surface area (Å²) >= 11 is 0. The molecule has 0 spiro atoms. The van der Waals surface area contributed by atoms with Crippen molar-refractivity contribution in [3.63, 3.8) is 0 Å². The lowest BCUT2D eigenvalue weighted by Gasteiger charge is -2.33. The molecule has 6 nitrogen and oxygen atoms in total. The maximum Gasteiger partial charge on any atom is 0.287 e. The number of nitrogens with one attached hydrogen (secondary N) is 1. The van der Waals surface area contributed by atoms with Crippen molar-refractivity contribution < 1.29 is 18.7 Å². The summed E-state index contributed by atoms with van der Waals surface area (Å²) in [6, 6.07) is 5.84. The minimum absolute atomic E-state index is 0.125. The van der Waals surface area contributed by atoms with Crippen molar-refractivity contribution in [2.75, 3.05) is 33.4 Å². The number of aryl methyl sites for hydroxylation is 1. The zero-order chi connectivity index (χ0) is 18.8. The van der Waals surface area contributed by atoms with Crippen LogP contribution >= 0.6 is 0 Å². The first kappa shape index (κ1) is 18.3. The summed E-state index contributed by atoms with van der Waals surface area (Å²) in [5, 5.41) is 4.11. The molecule has 1 aromatic carbocycles. The molecular weight excluding hydrogens is 344 g/mol. The van der Waals surface area contributed by atoms with E-state index in [2.05, 4.69) is 10.2 Å². The van der Waals surface area contributed by atoms with Crippen LogP contribution in [0.15, 0.2) is 22.6 Å². The first-order valence-corrected chi connectivity index (χ1v) is 9.86. The number of nitrogens with zero attached hydrogens (tertiary/aromatic N) is 1. The van der Waals surface area contributed by atoms with Gasteiger partial charge in [0.05, 0.1) is 13.2 Å². The van der Waals surface area contributed by atoms with Gasteiger partial charge in [-0.15, -0.1) is 0 Å². The summed E-state index contributed by atoms with van der Waals surface area (Å²) in [7, 11) is 1.62. The Kier molecular flexibility index (Phi) is 5.36. The first-order chi connectivity index (χ1) is 13.1. The molecule has 0 aliphatic carbocycles. The minimum atomic E-state index is -0.125. The van der Waals surface area contributed by atoms with Crippen LogP contribution in [0.5, 0.6) is 5.75 Å². The number of ether oxygens (including phenoxy) is 2. The highest BCUT2D eigenvalue weighted by Gasteiger charge is 2.26. The number of methoxy groups -OCH3 is 1. The van der Waals surface area contributed by atoms with Crippen LogP contribution < -0.4 is 10.1 Å². The van der Waals surface area contributed by atoms with Gasteiger partial charge in [0.25, 0.3) is 5.91 Å². The molecule has 1 atom stereocenters. The Morgan fingerprint density at radius 3 is 2.81 bits per heavy atom. The number of likely N-dealkylation sites (tertiary alicyclic amines) is 1. The third-order valence-corrected chi connectivity index (χ3v) is 5.76. The van der Waals surface area contributed by atoms with E-state index in [4.69, 9.17) is 13.9 Å². The first-order valence-electron chi connectivity index (χ1n) is 9.86. The van der Waals surface area contributed by atoms with Crippen LogP contribution in [0.1, 0.15) is 41.8 Å². The molecule has 6 heteroatoms. The Morgan fingerprint density at radius 1 is 1.30 bits per heavy atom. The predicted molar refractivity (Wildman–Crippen MR) is 103 cm³/mol. The third kappa shape index (κ3) is 3.96. The molecule has 0 radical (unpaired) electrons. The van der Waals surface area contributed by atoms with Crippen molar-refractivity contribution in [1.82, 2.24) is 10.2 Å². The summed E-state index contributed by atoms with van der Waals surface area (Å²) in [4.78, 5) is 15.2. The molecule has 2 aliphatic heterocycles. The molecule has 1 aromatic heterocycles. The molecule has 2 aliphatic rings. The topological polar surface area (TPSA) is 63.9 Å². The van der Waals surface area contributed by atoms with E-state index in [1.807, 2.05) is 25.1 Å². The van der Waals surface area contributed by atoms with Gasteiger partial charge in [-0.05, 0) is 44.7 Å². The van der Waals surface area contributed by atoms with Gasteiger partial charge in [-0.2, -0.15) is 0 Å². The minimum Gasteiger partial charge on any atom is -0.497 e. The van der Waals surface area contributed by atoms with Gasteiger partial charge in [0.15, 0.2) is 5.76 Å². The average Bonchev–Trinajstić information content (AvgIpc) is 3.31. The molecule has 2 fully saturated rings. The SMILES string of the molecule is COc1ccc2c(C)c(C(=O)NC3CCN(CC4CCCO4)CC3)oc2c1. The lowest BCUT2D eigenvalue weighted by molar-refractivity contribution is 0.0610. The summed E-state index contributed by atoms with van der Waals surface area (Å²) in [6.07, 6.45) is 4.68. The van der Waals surface area contributed by atoms with Gasteiger partial charge in [-0.3, -0.25) is 4.79 Å². The Hall–Kier alpha value is -2.05. The van der Waals surface area contributed by atoms with Crippen molar-refractivity contribution in [3.05, 3.63) is 29.5 Å². The zero-order valence-electron chi connectivity index (χ0n) is 16.1. The molecular formula is C21H28N2O4. The number of rotatable bonds is 5. The molecule has 0 saturated carbocycles. The number of piperidine rings is 1. The van der Waals surface area contributed by atoms with Crippen LogP contribution in [0.25, 0.3) is 11.0 Å². The van der Waals surface area contributed by atoms with Crippen LogP contribution in [0.4, 0.5) is 0 Å². The summed E-state index contributed by atoms with van der Waals surface area (Å²) in [5.74, 6) is 1.00. The Balaban J connectivity index is 1.35. The number of hydrogen-bond donors (Lipinski definition) is 1. The van der Waals surface area contributed by atoms with Crippen LogP contribution in [0.3, 0.4) is 0 Å². The molecule has 0 bridgehead atoms. The van der Waals surface area contributed by atoms with E-state index in [1.165, 1.54) is 12.8 Å². The third-order valence-electron chi connectivity index (χ3n) is 5.76. The Labute approximate surface area is 159 Å². The lowest BCUT2D eigenvalue weighted by atomic mass is 10.0. The van der Waals surface area contributed by atoms with Gasteiger partial charge in [0, 0.05) is 49.3 Å². The molecule has 27 heavy (non-hydrogen) atoms. The van der Waals surface area contributed by atoms with Crippen molar-refractivity contribution in [2.45, 2.75) is 44.8 Å². The fraction of sp³-hybridized carbons (Fsp3) is 0.571. The molecule has 2 saturated heterocycles. The normalized spacial score (nSPS) is 21.6. The number of carbonyl (C=O) groups excluding carboxylic acids is 1. The molecule has 1 amide bonds. The molecule has 3 heterocycles. The Bertz CT molecular complexity index is 802. The average molecular weight is 372 g/mol. The monoisotopic (exact) mass is 372 g/mol. The quantitative estimate of drug-likeness (QED) is 0.874. The van der Waals surface area contributed by atoms with Gasteiger partial charge in [-0.1, -0.05) is 0 Å². The predicted octanol–water partition coefficient (Wildman–Crippen LogP) is 3.12. The second-order valence-corrected chi connectivity index (χ2v) is 7.60. The summed E-state index contributed by atoms with van der Waals surface area (Å²) in [6.45, 7) is 5.85. The van der Waals surface area contributed by atoms with E-state index < -0.39 is 0 Å². The number of fused-ring (bicyclic) bond motifs is 1. The second-order valence-electron chi connectivity index (χ2n) is 7.60. The summed E-state index contributed by atoms with van der Waals surface area (Å²) < 4.78 is 16.8. The molecule has 4 rings (SSSR count). The standard InChI is InChI=1S/C21H28N2O4/c1-14-18-6-5-16(25-2)12-19(18)27-20(14)21(24)22-15-7-9-23(10-8-15)13-17-4-3-11-26-17/h5-6,12,15,17H,3-4,7-11,13H2,1-2H3,(H,22,24). The molecule has 1 N–H and O–H groups in total. The fourth-order valence-electron chi connectivity index (χ4n) is 4.14. The van der Waals surface area contributed by atoms with Gasteiger partial charge < -0.3 is 24.1 Å². The number of benzene rings is 1. The number of amides is 1. The largest absolute Gasteiger partial charge is 0.497 e. The fourth-order valence-corrected chi connectivity index (χ4v) is 4.14. The highest BCUT2D eigenvalue weighted by atomic mass is 16.5. The van der Waals surface area contributed by atoms with Crippen molar-refractivity contribution in [2.24, 2.45) is 0 Å². The molecule has 2 aromatic rings. The molecule has 1 unspecified atom stereocenters. The van der Waals surface area contributed by atoms with E-state index in [0.717, 1.165) is 55.8 Å². The van der Waals surface area contributed by atoms with Crippen molar-refractivity contribution >= 4 is 16.9 Å². The summed E-state index contributed by atoms with van der Waals surface area (Å²) in [5.41, 5.74) is 1.56. The van der Waals surface area contributed by atoms with Gasteiger partial charge >= 0.3 is 0 Å². The zero-order valence-corrected chi connectivity index (χ0v) is 16.1. The van der Waals surface area contributed by atoms with Crippen molar-refractivity contribution in [3.8, 4) is 5.75 Å². The number of carbonyl (C=O) groups is 1. The maximum atomic E-state index is 12.7. The maximum absolute atomic E-state index is 12.7. The van der Waals surface area contributed by atoms with E-state index >= 15 is 0 Å². The number of furan rings is 1. The van der Waals surface area contributed by atoms with Crippen LogP contribution in [0, 0.1) is 6.92 Å². The molecule has 146 valence electrons. The second kappa shape index (κ2) is 7.90. The van der Waals surface area contributed by atoms with Crippen LogP contribution in [-0.4, -0.2) is 56.3 Å². The highest BCUT2D eigenvalue weighted by molar-refractivity contribution is 5.99. The Morgan fingerprint density at radius 2 is 2.11 bits per heavy atom.